The summed E-state index contributed by atoms with van der Waals surface area (Å²) in [6.45, 7) is 8.93. The van der Waals surface area contributed by atoms with Crippen LogP contribution in [0.3, 0.4) is 0 Å². The van der Waals surface area contributed by atoms with Gasteiger partial charge in [-0.3, -0.25) is 4.79 Å². The molecule has 4 rings (SSSR count). The number of aliphatic hydroxyl groups is 1. The van der Waals surface area contributed by atoms with Crippen molar-refractivity contribution in [2.24, 2.45) is 40.4 Å². The molecular formula is C22H32O2. The molecule has 0 bridgehead atoms. The van der Waals surface area contributed by atoms with Crippen LogP contribution >= 0.6 is 0 Å². The maximum absolute atomic E-state index is 12.8. The first-order valence-corrected chi connectivity index (χ1v) is 9.97. The van der Waals surface area contributed by atoms with Crippen molar-refractivity contribution in [1.82, 2.24) is 0 Å². The van der Waals surface area contributed by atoms with Crippen LogP contribution in [0, 0.1) is 40.4 Å². The van der Waals surface area contributed by atoms with Gasteiger partial charge in [-0.05, 0) is 61.7 Å². The minimum Gasteiger partial charge on any atom is -0.395 e. The molecule has 0 spiro atoms. The maximum Gasteiger partial charge on any atom is 0.139 e. The quantitative estimate of drug-likeness (QED) is 0.808. The highest BCUT2D eigenvalue weighted by Crippen LogP contribution is 2.66. The van der Waals surface area contributed by atoms with E-state index in [-0.39, 0.29) is 17.4 Å². The van der Waals surface area contributed by atoms with Crippen molar-refractivity contribution in [1.29, 1.82) is 0 Å². The van der Waals surface area contributed by atoms with E-state index >= 15 is 0 Å². The molecule has 0 amide bonds. The summed E-state index contributed by atoms with van der Waals surface area (Å²) in [6.07, 6.45) is 12.0. The summed E-state index contributed by atoms with van der Waals surface area (Å²) < 4.78 is 0. The standard InChI is InChI=1S/C22H32O2/c1-4-15-12-19(24)21(3)9-8-18-17(20(15)21)6-5-16-11-14(2)7-10-22(16,18)13-23/h7,10,15-18,20,23H,2,4-6,8-9,11-13H2,1,3H3/t15-,16?,17-,18+,20+,21-,22-/m1/s1. The van der Waals surface area contributed by atoms with E-state index in [1.807, 2.05) is 0 Å². The molecule has 0 aromatic carbocycles. The first kappa shape index (κ1) is 16.6. The van der Waals surface area contributed by atoms with Gasteiger partial charge in [0.05, 0.1) is 6.61 Å². The number of Topliss-reactive ketones (excluding diaryl/α,β-unsaturated/α-hetero) is 1. The van der Waals surface area contributed by atoms with Gasteiger partial charge in [-0.15, -0.1) is 0 Å². The van der Waals surface area contributed by atoms with Gasteiger partial charge in [0.1, 0.15) is 5.78 Å². The molecule has 0 aromatic rings. The molecule has 0 saturated heterocycles. The number of allylic oxidation sites excluding steroid dienone is 2. The normalized spacial score (nSPS) is 50.4. The SMILES string of the molecule is C=C1C=C[C@@]2(CO)C(CC[C@H]3[C@@H]4[C@H](CC)CC(=O)[C@@]4(C)CC[C@@H]32)C1. The summed E-state index contributed by atoms with van der Waals surface area (Å²) in [5.41, 5.74) is 1.06. The van der Waals surface area contributed by atoms with Crippen LogP contribution in [-0.2, 0) is 4.79 Å². The van der Waals surface area contributed by atoms with E-state index in [1.165, 1.54) is 18.4 Å². The zero-order chi connectivity index (χ0) is 17.1. The van der Waals surface area contributed by atoms with Crippen molar-refractivity contribution >= 4 is 5.78 Å². The summed E-state index contributed by atoms with van der Waals surface area (Å²) in [4.78, 5) is 12.8. The van der Waals surface area contributed by atoms with Crippen LogP contribution in [0.5, 0.6) is 0 Å². The summed E-state index contributed by atoms with van der Waals surface area (Å²) in [5.74, 6) is 3.32. The lowest BCUT2D eigenvalue weighted by Crippen LogP contribution is -2.55. The second-order valence-electron chi connectivity index (χ2n) is 9.29. The number of fused-ring (bicyclic) bond motifs is 5. The average molecular weight is 328 g/mol. The van der Waals surface area contributed by atoms with Gasteiger partial charge in [0.15, 0.2) is 0 Å². The Labute approximate surface area is 146 Å². The topological polar surface area (TPSA) is 37.3 Å². The van der Waals surface area contributed by atoms with Gasteiger partial charge in [-0.2, -0.15) is 0 Å². The summed E-state index contributed by atoms with van der Waals surface area (Å²) in [6, 6.07) is 0. The third-order valence-electron chi connectivity index (χ3n) is 8.52. The number of hydrogen-bond acceptors (Lipinski definition) is 2. The van der Waals surface area contributed by atoms with Crippen molar-refractivity contribution in [3.63, 3.8) is 0 Å². The molecule has 0 aliphatic heterocycles. The highest BCUT2D eigenvalue weighted by Gasteiger charge is 2.62. The predicted molar refractivity (Wildman–Crippen MR) is 96.4 cm³/mol. The lowest BCUT2D eigenvalue weighted by atomic mass is 9.45. The highest BCUT2D eigenvalue weighted by molar-refractivity contribution is 5.87. The fourth-order valence-electron chi connectivity index (χ4n) is 7.27. The molecule has 1 N–H and O–H groups in total. The van der Waals surface area contributed by atoms with Crippen LogP contribution in [0.25, 0.3) is 0 Å². The fourth-order valence-corrected chi connectivity index (χ4v) is 7.27. The zero-order valence-corrected chi connectivity index (χ0v) is 15.3. The Bertz CT molecular complexity index is 591. The maximum atomic E-state index is 12.8. The molecule has 0 radical (unpaired) electrons. The molecule has 2 heteroatoms. The molecule has 3 fully saturated rings. The monoisotopic (exact) mass is 328 g/mol. The lowest BCUT2D eigenvalue weighted by Gasteiger charge is -2.59. The van der Waals surface area contributed by atoms with Crippen LogP contribution in [0.15, 0.2) is 24.3 Å². The number of ketones is 1. The molecule has 7 atom stereocenters. The third-order valence-corrected chi connectivity index (χ3v) is 8.52. The molecule has 1 unspecified atom stereocenters. The number of aliphatic hydroxyl groups excluding tert-OH is 1. The molecule has 4 aliphatic rings. The summed E-state index contributed by atoms with van der Waals surface area (Å²) in [7, 11) is 0. The van der Waals surface area contributed by atoms with Crippen LogP contribution in [0.2, 0.25) is 0 Å². The van der Waals surface area contributed by atoms with Crippen LogP contribution in [0.4, 0.5) is 0 Å². The Morgan fingerprint density at radius 1 is 1.29 bits per heavy atom. The van der Waals surface area contributed by atoms with Crippen molar-refractivity contribution in [3.05, 3.63) is 24.3 Å². The van der Waals surface area contributed by atoms with E-state index in [4.69, 9.17) is 0 Å². The average Bonchev–Trinajstić information content (AvgIpc) is 2.85. The fraction of sp³-hybridized carbons (Fsp3) is 0.773. The van der Waals surface area contributed by atoms with E-state index in [0.29, 0.717) is 35.4 Å². The van der Waals surface area contributed by atoms with E-state index in [1.54, 1.807) is 0 Å². The van der Waals surface area contributed by atoms with Gasteiger partial charge in [-0.25, -0.2) is 0 Å². The smallest absolute Gasteiger partial charge is 0.139 e. The third kappa shape index (κ3) is 2.01. The Hall–Kier alpha value is -0.890. The minimum absolute atomic E-state index is 0.0602. The molecule has 132 valence electrons. The molecule has 0 aromatic heterocycles. The Kier molecular flexibility index (Phi) is 3.84. The molecule has 2 nitrogen and oxygen atoms in total. The zero-order valence-electron chi connectivity index (χ0n) is 15.3. The van der Waals surface area contributed by atoms with Gasteiger partial charge >= 0.3 is 0 Å². The van der Waals surface area contributed by atoms with Crippen molar-refractivity contribution < 1.29 is 9.90 Å². The Morgan fingerprint density at radius 3 is 2.79 bits per heavy atom. The first-order valence-electron chi connectivity index (χ1n) is 9.97. The second-order valence-corrected chi connectivity index (χ2v) is 9.29. The number of carbonyl (C=O) groups is 1. The van der Waals surface area contributed by atoms with E-state index in [2.05, 4.69) is 32.6 Å². The van der Waals surface area contributed by atoms with Crippen molar-refractivity contribution in [3.8, 4) is 0 Å². The second kappa shape index (κ2) is 5.56. The number of rotatable bonds is 2. The first-order chi connectivity index (χ1) is 11.5. The highest BCUT2D eigenvalue weighted by atomic mass is 16.3. The minimum atomic E-state index is -0.0900. The lowest BCUT2D eigenvalue weighted by molar-refractivity contribution is -0.138. The van der Waals surface area contributed by atoms with Crippen LogP contribution in [0.1, 0.15) is 58.8 Å². The summed E-state index contributed by atoms with van der Waals surface area (Å²) in [5, 5.41) is 10.4. The molecule has 0 heterocycles. The number of hydrogen-bond donors (Lipinski definition) is 1. The van der Waals surface area contributed by atoms with Gasteiger partial charge < -0.3 is 5.11 Å². The largest absolute Gasteiger partial charge is 0.395 e. The van der Waals surface area contributed by atoms with Gasteiger partial charge in [-0.1, -0.05) is 44.6 Å². The van der Waals surface area contributed by atoms with Gasteiger partial charge in [0.2, 0.25) is 0 Å². The van der Waals surface area contributed by atoms with Gasteiger partial charge in [0, 0.05) is 17.3 Å². The molecular weight excluding hydrogens is 296 g/mol. The van der Waals surface area contributed by atoms with E-state index in [9.17, 15) is 9.90 Å². The molecule has 24 heavy (non-hydrogen) atoms. The Balaban J connectivity index is 1.74. The van der Waals surface area contributed by atoms with E-state index < -0.39 is 0 Å². The van der Waals surface area contributed by atoms with Crippen molar-refractivity contribution in [2.75, 3.05) is 6.61 Å². The van der Waals surface area contributed by atoms with Crippen LogP contribution < -0.4 is 0 Å². The molecule has 4 aliphatic carbocycles. The molecule has 3 saturated carbocycles. The van der Waals surface area contributed by atoms with Crippen molar-refractivity contribution in [2.45, 2.75) is 58.8 Å². The van der Waals surface area contributed by atoms with Crippen LogP contribution in [-0.4, -0.2) is 17.5 Å². The summed E-state index contributed by atoms with van der Waals surface area (Å²) >= 11 is 0. The number of carbonyl (C=O) groups excluding carboxylic acids is 1. The van der Waals surface area contributed by atoms with E-state index in [0.717, 1.165) is 32.1 Å². The predicted octanol–water partition coefficient (Wildman–Crippen LogP) is 4.54. The Morgan fingerprint density at radius 2 is 2.08 bits per heavy atom. The van der Waals surface area contributed by atoms with Gasteiger partial charge in [0.25, 0.3) is 0 Å².